The molecule has 0 aliphatic carbocycles. The van der Waals surface area contributed by atoms with Gasteiger partial charge in [-0.1, -0.05) is 6.07 Å². The van der Waals surface area contributed by atoms with Crippen LogP contribution in [-0.4, -0.2) is 56.2 Å². The van der Waals surface area contributed by atoms with Crippen molar-refractivity contribution in [2.75, 3.05) is 39.7 Å². The van der Waals surface area contributed by atoms with E-state index in [0.29, 0.717) is 54.4 Å². The zero-order chi connectivity index (χ0) is 21.7. The van der Waals surface area contributed by atoms with E-state index in [2.05, 4.69) is 5.32 Å². The van der Waals surface area contributed by atoms with Crippen molar-refractivity contribution >= 4 is 17.3 Å². The van der Waals surface area contributed by atoms with Crippen LogP contribution < -0.4 is 19.5 Å². The first-order valence-corrected chi connectivity index (χ1v) is 9.57. The lowest BCUT2D eigenvalue weighted by atomic mass is 10.0. The van der Waals surface area contributed by atoms with Gasteiger partial charge >= 0.3 is 0 Å². The van der Waals surface area contributed by atoms with E-state index >= 15 is 0 Å². The molecule has 1 saturated heterocycles. The predicted octanol–water partition coefficient (Wildman–Crippen LogP) is 3.34. The number of carbonyl (C=O) groups is 1. The maximum absolute atomic E-state index is 13.0. The van der Waals surface area contributed by atoms with Crippen LogP contribution >= 0.6 is 0 Å². The van der Waals surface area contributed by atoms with Gasteiger partial charge in [0.05, 0.1) is 37.5 Å². The summed E-state index contributed by atoms with van der Waals surface area (Å²) >= 11 is 0. The molecule has 1 aliphatic rings. The molecular weight excluding hydrogens is 390 g/mol. The van der Waals surface area contributed by atoms with E-state index in [1.165, 1.54) is 33.5 Å². The van der Waals surface area contributed by atoms with Crippen molar-refractivity contribution in [3.8, 4) is 17.2 Å². The largest absolute Gasteiger partial charge is 0.495 e. The van der Waals surface area contributed by atoms with E-state index in [1.54, 1.807) is 29.2 Å². The number of non-ortho nitro benzene ring substituents is 1. The summed E-state index contributed by atoms with van der Waals surface area (Å²) in [5.74, 6) is 1.36. The highest BCUT2D eigenvalue weighted by molar-refractivity contribution is 5.98. The fourth-order valence-corrected chi connectivity index (χ4v) is 3.60. The maximum Gasteiger partial charge on any atom is 0.271 e. The molecule has 0 radical (unpaired) electrons. The summed E-state index contributed by atoms with van der Waals surface area (Å²) in [6.45, 7) is 1.10. The Morgan fingerprint density at radius 3 is 2.37 bits per heavy atom. The molecule has 1 N–H and O–H groups in total. The topological polar surface area (TPSA) is 103 Å². The summed E-state index contributed by atoms with van der Waals surface area (Å²) in [5, 5.41) is 14.4. The third-order valence-corrected chi connectivity index (χ3v) is 5.17. The second kappa shape index (κ2) is 9.34. The van der Waals surface area contributed by atoms with Crippen LogP contribution in [0.15, 0.2) is 36.4 Å². The second-order valence-electron chi connectivity index (χ2n) is 6.89. The third-order valence-electron chi connectivity index (χ3n) is 5.17. The van der Waals surface area contributed by atoms with Crippen molar-refractivity contribution < 1.29 is 23.9 Å². The lowest BCUT2D eigenvalue weighted by Crippen LogP contribution is -2.42. The van der Waals surface area contributed by atoms with Crippen LogP contribution in [0, 0.1) is 10.1 Å². The SMILES string of the molecule is COc1ccc([N+](=O)[O-])cc1NC1CCN(C(=O)c2cccc(OC)c2OC)CC1. The number of nitro groups is 1. The minimum Gasteiger partial charge on any atom is -0.495 e. The number of carbonyl (C=O) groups excluding carboxylic acids is 1. The van der Waals surface area contributed by atoms with Gasteiger partial charge in [0.2, 0.25) is 0 Å². The van der Waals surface area contributed by atoms with Gasteiger partial charge in [-0.05, 0) is 31.0 Å². The molecule has 2 aromatic carbocycles. The van der Waals surface area contributed by atoms with Gasteiger partial charge in [-0.3, -0.25) is 14.9 Å². The Morgan fingerprint density at radius 1 is 1.07 bits per heavy atom. The van der Waals surface area contributed by atoms with Crippen LogP contribution in [0.25, 0.3) is 0 Å². The lowest BCUT2D eigenvalue weighted by molar-refractivity contribution is -0.384. The zero-order valence-corrected chi connectivity index (χ0v) is 17.2. The van der Waals surface area contributed by atoms with Crippen LogP contribution in [0.1, 0.15) is 23.2 Å². The Labute approximate surface area is 174 Å². The van der Waals surface area contributed by atoms with Gasteiger partial charge in [0.1, 0.15) is 5.75 Å². The number of nitrogens with one attached hydrogen (secondary N) is 1. The number of hydrogen-bond donors (Lipinski definition) is 1. The molecule has 0 spiro atoms. The Kier molecular flexibility index (Phi) is 6.61. The van der Waals surface area contributed by atoms with Crippen molar-refractivity contribution in [3.05, 3.63) is 52.1 Å². The molecule has 30 heavy (non-hydrogen) atoms. The van der Waals surface area contributed by atoms with Gasteiger partial charge in [0, 0.05) is 31.3 Å². The number of nitrogens with zero attached hydrogens (tertiary/aromatic N) is 2. The average Bonchev–Trinajstić information content (AvgIpc) is 2.78. The summed E-state index contributed by atoms with van der Waals surface area (Å²) in [4.78, 5) is 25.4. The number of anilines is 1. The number of nitro benzene ring substituents is 1. The highest BCUT2D eigenvalue weighted by Gasteiger charge is 2.27. The van der Waals surface area contributed by atoms with E-state index in [1.807, 2.05) is 0 Å². The summed E-state index contributed by atoms with van der Waals surface area (Å²) in [6.07, 6.45) is 1.40. The normalized spacial score (nSPS) is 14.2. The summed E-state index contributed by atoms with van der Waals surface area (Å²) < 4.78 is 16.0. The second-order valence-corrected chi connectivity index (χ2v) is 6.89. The van der Waals surface area contributed by atoms with Crippen molar-refractivity contribution in [2.45, 2.75) is 18.9 Å². The number of likely N-dealkylation sites (tertiary alicyclic amines) is 1. The van der Waals surface area contributed by atoms with Crippen LogP contribution in [0.5, 0.6) is 17.2 Å². The van der Waals surface area contributed by atoms with Gasteiger partial charge < -0.3 is 24.4 Å². The number of methoxy groups -OCH3 is 3. The van der Waals surface area contributed by atoms with Crippen LogP contribution in [0.2, 0.25) is 0 Å². The van der Waals surface area contributed by atoms with E-state index in [9.17, 15) is 14.9 Å². The number of piperidine rings is 1. The first kappa shape index (κ1) is 21.2. The van der Waals surface area contributed by atoms with E-state index in [4.69, 9.17) is 14.2 Å². The molecule has 1 aliphatic heterocycles. The minimum absolute atomic E-state index is 0.00367. The fourth-order valence-electron chi connectivity index (χ4n) is 3.60. The van der Waals surface area contributed by atoms with Gasteiger partial charge in [0.15, 0.2) is 11.5 Å². The number of para-hydroxylation sites is 1. The molecule has 0 atom stereocenters. The minimum atomic E-state index is -0.437. The molecule has 1 fully saturated rings. The summed E-state index contributed by atoms with van der Waals surface area (Å²) in [7, 11) is 4.57. The van der Waals surface area contributed by atoms with E-state index < -0.39 is 4.92 Å². The van der Waals surface area contributed by atoms with E-state index in [-0.39, 0.29) is 17.6 Å². The lowest BCUT2D eigenvalue weighted by Gasteiger charge is -2.33. The van der Waals surface area contributed by atoms with Gasteiger partial charge in [-0.15, -0.1) is 0 Å². The molecule has 0 saturated carbocycles. The molecule has 0 aromatic heterocycles. The third kappa shape index (κ3) is 4.40. The smallest absolute Gasteiger partial charge is 0.271 e. The van der Waals surface area contributed by atoms with E-state index in [0.717, 1.165) is 0 Å². The Balaban J connectivity index is 1.68. The highest BCUT2D eigenvalue weighted by Crippen LogP contribution is 2.33. The van der Waals surface area contributed by atoms with Gasteiger partial charge in [-0.25, -0.2) is 0 Å². The predicted molar refractivity (Wildman–Crippen MR) is 112 cm³/mol. The number of rotatable bonds is 7. The molecule has 1 amide bonds. The number of ether oxygens (including phenoxy) is 3. The number of amides is 1. The van der Waals surface area contributed by atoms with Crippen molar-refractivity contribution in [1.82, 2.24) is 4.90 Å². The Morgan fingerprint density at radius 2 is 1.77 bits per heavy atom. The summed E-state index contributed by atoms with van der Waals surface area (Å²) in [5.41, 5.74) is 1.03. The maximum atomic E-state index is 13.0. The molecule has 1 heterocycles. The molecule has 160 valence electrons. The molecular formula is C21H25N3O6. The molecule has 3 rings (SSSR count). The quantitative estimate of drug-likeness (QED) is 0.546. The fraction of sp³-hybridized carbons (Fsp3) is 0.381. The molecule has 9 heteroatoms. The average molecular weight is 415 g/mol. The Hall–Kier alpha value is -3.49. The molecule has 2 aromatic rings. The highest BCUT2D eigenvalue weighted by atomic mass is 16.6. The molecule has 9 nitrogen and oxygen atoms in total. The monoisotopic (exact) mass is 415 g/mol. The first-order valence-electron chi connectivity index (χ1n) is 9.57. The van der Waals surface area contributed by atoms with Gasteiger partial charge in [0.25, 0.3) is 11.6 Å². The summed E-state index contributed by atoms with van der Waals surface area (Å²) in [6, 6.07) is 9.76. The number of hydrogen-bond acceptors (Lipinski definition) is 7. The zero-order valence-electron chi connectivity index (χ0n) is 17.2. The van der Waals surface area contributed by atoms with Crippen molar-refractivity contribution in [2.24, 2.45) is 0 Å². The molecule has 0 unspecified atom stereocenters. The van der Waals surface area contributed by atoms with Crippen molar-refractivity contribution in [1.29, 1.82) is 0 Å². The van der Waals surface area contributed by atoms with Crippen LogP contribution in [0.4, 0.5) is 11.4 Å². The number of benzene rings is 2. The van der Waals surface area contributed by atoms with Crippen LogP contribution in [0.3, 0.4) is 0 Å². The van der Waals surface area contributed by atoms with Gasteiger partial charge in [-0.2, -0.15) is 0 Å². The first-order chi connectivity index (χ1) is 14.5. The molecule has 0 bridgehead atoms. The van der Waals surface area contributed by atoms with Crippen LogP contribution in [-0.2, 0) is 0 Å². The van der Waals surface area contributed by atoms with Crippen molar-refractivity contribution in [3.63, 3.8) is 0 Å². The Bertz CT molecular complexity index is 925. The standard InChI is InChI=1S/C21H25N3O6/c1-28-18-8-7-15(24(26)27)13-17(18)22-14-9-11-23(12-10-14)21(25)16-5-4-6-19(29-2)20(16)30-3/h4-8,13-14,22H,9-12H2,1-3H3.